The first kappa shape index (κ1) is 13.6. The number of Topliss-reactive ketones (excluding diaryl/α,β-unsaturated/α-hetero) is 1. The van der Waals surface area contributed by atoms with E-state index >= 15 is 0 Å². The second kappa shape index (κ2) is 5.57. The molecule has 0 radical (unpaired) electrons. The van der Waals surface area contributed by atoms with Gasteiger partial charge in [-0.1, -0.05) is 13.3 Å². The number of ether oxygens (including phenoxy) is 1. The minimum absolute atomic E-state index is 0.194. The maximum absolute atomic E-state index is 13.0. The Bertz CT molecular complexity index is 498. The molecule has 0 spiro atoms. The molecule has 1 fully saturated rings. The van der Waals surface area contributed by atoms with Gasteiger partial charge in [0, 0.05) is 23.9 Å². The summed E-state index contributed by atoms with van der Waals surface area (Å²) in [5, 5.41) is 3.42. The Kier molecular flexibility index (Phi) is 3.79. The third kappa shape index (κ3) is 2.35. The Hall–Kier alpha value is -1.35. The van der Waals surface area contributed by atoms with Crippen molar-refractivity contribution < 1.29 is 9.53 Å². The van der Waals surface area contributed by atoms with Crippen LogP contribution in [0, 0.1) is 5.41 Å². The topological polar surface area (TPSA) is 38.3 Å². The Morgan fingerprint density at radius 1 is 1.45 bits per heavy atom. The van der Waals surface area contributed by atoms with Crippen LogP contribution in [0.3, 0.4) is 0 Å². The first-order valence-electron chi connectivity index (χ1n) is 7.76. The number of ketones is 1. The predicted molar refractivity (Wildman–Crippen MR) is 79.4 cm³/mol. The first-order chi connectivity index (χ1) is 9.75. The summed E-state index contributed by atoms with van der Waals surface area (Å²) in [5.41, 5.74) is 1.86. The van der Waals surface area contributed by atoms with Gasteiger partial charge in [-0.2, -0.15) is 0 Å². The Morgan fingerprint density at radius 3 is 3.10 bits per heavy atom. The van der Waals surface area contributed by atoms with Gasteiger partial charge in [0.05, 0.1) is 6.61 Å². The van der Waals surface area contributed by atoms with Crippen molar-refractivity contribution in [2.45, 2.75) is 39.0 Å². The number of hydrogen-bond donors (Lipinski definition) is 1. The Balaban J connectivity index is 1.89. The van der Waals surface area contributed by atoms with Gasteiger partial charge in [0.15, 0.2) is 5.78 Å². The van der Waals surface area contributed by atoms with E-state index < -0.39 is 0 Å². The number of rotatable bonds is 4. The van der Waals surface area contributed by atoms with Gasteiger partial charge < -0.3 is 10.1 Å². The van der Waals surface area contributed by atoms with Crippen molar-refractivity contribution in [3.8, 4) is 5.75 Å². The smallest absolute Gasteiger partial charge is 0.170 e. The Morgan fingerprint density at radius 2 is 2.35 bits per heavy atom. The SMILES string of the molecule is CCCC1(C(=O)c2ccc3c(c2)CCO3)CCCNC1. The largest absolute Gasteiger partial charge is 0.493 e. The number of nitrogens with one attached hydrogen (secondary N) is 1. The fraction of sp³-hybridized carbons (Fsp3) is 0.588. The summed E-state index contributed by atoms with van der Waals surface area (Å²) in [6, 6.07) is 5.96. The summed E-state index contributed by atoms with van der Waals surface area (Å²) in [7, 11) is 0. The number of hydrogen-bond acceptors (Lipinski definition) is 3. The van der Waals surface area contributed by atoms with Gasteiger partial charge in [-0.3, -0.25) is 4.79 Å². The lowest BCUT2D eigenvalue weighted by Gasteiger charge is -2.36. The van der Waals surface area contributed by atoms with Crippen LogP contribution in [0.2, 0.25) is 0 Å². The lowest BCUT2D eigenvalue weighted by atomic mass is 9.71. The van der Waals surface area contributed by atoms with Crippen LogP contribution < -0.4 is 10.1 Å². The second-order valence-corrected chi connectivity index (χ2v) is 6.06. The lowest BCUT2D eigenvalue weighted by Crippen LogP contribution is -2.45. The number of piperidine rings is 1. The highest BCUT2D eigenvalue weighted by Gasteiger charge is 2.39. The van der Waals surface area contributed by atoms with Crippen molar-refractivity contribution in [3.63, 3.8) is 0 Å². The quantitative estimate of drug-likeness (QED) is 0.857. The molecule has 1 unspecified atom stereocenters. The maximum Gasteiger partial charge on any atom is 0.170 e. The van der Waals surface area contributed by atoms with Crippen LogP contribution >= 0.6 is 0 Å². The molecule has 2 heterocycles. The summed E-state index contributed by atoms with van der Waals surface area (Å²) >= 11 is 0. The fourth-order valence-electron chi connectivity index (χ4n) is 3.60. The molecular formula is C17H23NO2. The molecule has 0 aliphatic carbocycles. The molecule has 2 aliphatic heterocycles. The van der Waals surface area contributed by atoms with Gasteiger partial charge in [-0.25, -0.2) is 0 Å². The van der Waals surface area contributed by atoms with Crippen molar-refractivity contribution in [3.05, 3.63) is 29.3 Å². The second-order valence-electron chi connectivity index (χ2n) is 6.06. The van der Waals surface area contributed by atoms with E-state index in [4.69, 9.17) is 4.74 Å². The molecule has 1 aromatic rings. The number of benzene rings is 1. The van der Waals surface area contributed by atoms with Gasteiger partial charge >= 0.3 is 0 Å². The van der Waals surface area contributed by atoms with E-state index in [0.717, 1.165) is 63.1 Å². The van der Waals surface area contributed by atoms with Crippen molar-refractivity contribution >= 4 is 5.78 Å². The molecule has 3 heteroatoms. The van der Waals surface area contributed by atoms with Crippen molar-refractivity contribution in [2.75, 3.05) is 19.7 Å². The van der Waals surface area contributed by atoms with Gasteiger partial charge in [0.1, 0.15) is 5.75 Å². The highest BCUT2D eigenvalue weighted by Crippen LogP contribution is 2.36. The molecular weight excluding hydrogens is 250 g/mol. The summed E-state index contributed by atoms with van der Waals surface area (Å²) in [6.45, 7) is 4.78. The van der Waals surface area contributed by atoms with Crippen LogP contribution in [0.25, 0.3) is 0 Å². The molecule has 3 nitrogen and oxygen atoms in total. The van der Waals surface area contributed by atoms with Crippen LogP contribution in [-0.2, 0) is 6.42 Å². The van der Waals surface area contributed by atoms with E-state index in [-0.39, 0.29) is 5.41 Å². The molecule has 1 saturated heterocycles. The van der Waals surface area contributed by atoms with Crippen LogP contribution in [0.1, 0.15) is 48.5 Å². The van der Waals surface area contributed by atoms with Crippen LogP contribution in [0.4, 0.5) is 0 Å². The van der Waals surface area contributed by atoms with E-state index in [2.05, 4.69) is 18.3 Å². The molecule has 2 aliphatic rings. The molecule has 0 saturated carbocycles. The standard InChI is InChI=1S/C17H23NO2/c1-2-7-17(8-3-9-18-12-17)16(19)14-4-5-15-13(11-14)6-10-20-15/h4-5,11,18H,2-3,6-10,12H2,1H3. The van der Waals surface area contributed by atoms with E-state index in [9.17, 15) is 4.79 Å². The predicted octanol–water partition coefficient (Wildman–Crippen LogP) is 2.97. The average molecular weight is 273 g/mol. The van der Waals surface area contributed by atoms with E-state index in [1.807, 2.05) is 12.1 Å². The van der Waals surface area contributed by atoms with E-state index in [0.29, 0.717) is 5.78 Å². The maximum atomic E-state index is 13.0. The monoisotopic (exact) mass is 273 g/mol. The number of carbonyl (C=O) groups excluding carboxylic acids is 1. The third-order valence-corrected chi connectivity index (χ3v) is 4.63. The summed E-state index contributed by atoms with van der Waals surface area (Å²) < 4.78 is 5.53. The zero-order valence-corrected chi connectivity index (χ0v) is 12.2. The van der Waals surface area contributed by atoms with Crippen molar-refractivity contribution in [1.82, 2.24) is 5.32 Å². The van der Waals surface area contributed by atoms with E-state index in [1.54, 1.807) is 0 Å². The zero-order chi connectivity index (χ0) is 14.0. The van der Waals surface area contributed by atoms with Gasteiger partial charge in [0.25, 0.3) is 0 Å². The Labute approximate surface area is 120 Å². The molecule has 1 aromatic carbocycles. The number of carbonyl (C=O) groups is 1. The molecule has 1 N–H and O–H groups in total. The molecule has 3 rings (SSSR count). The summed E-state index contributed by atoms with van der Waals surface area (Å²) in [5.74, 6) is 1.27. The normalized spacial score (nSPS) is 25.1. The minimum Gasteiger partial charge on any atom is -0.493 e. The van der Waals surface area contributed by atoms with Gasteiger partial charge in [-0.05, 0) is 49.6 Å². The third-order valence-electron chi connectivity index (χ3n) is 4.63. The van der Waals surface area contributed by atoms with Gasteiger partial charge in [0.2, 0.25) is 0 Å². The van der Waals surface area contributed by atoms with E-state index in [1.165, 1.54) is 5.56 Å². The minimum atomic E-state index is -0.194. The van der Waals surface area contributed by atoms with Gasteiger partial charge in [-0.15, -0.1) is 0 Å². The first-order valence-corrected chi connectivity index (χ1v) is 7.76. The molecule has 108 valence electrons. The number of fused-ring (bicyclic) bond motifs is 1. The molecule has 1 atom stereocenters. The van der Waals surface area contributed by atoms with Crippen molar-refractivity contribution in [1.29, 1.82) is 0 Å². The van der Waals surface area contributed by atoms with Crippen LogP contribution in [0.5, 0.6) is 5.75 Å². The molecule has 0 amide bonds. The van der Waals surface area contributed by atoms with Crippen LogP contribution in [0.15, 0.2) is 18.2 Å². The highest BCUT2D eigenvalue weighted by molar-refractivity contribution is 6.01. The molecule has 0 bridgehead atoms. The fourth-order valence-corrected chi connectivity index (χ4v) is 3.60. The highest BCUT2D eigenvalue weighted by atomic mass is 16.5. The lowest BCUT2D eigenvalue weighted by molar-refractivity contribution is 0.0718. The molecule has 20 heavy (non-hydrogen) atoms. The van der Waals surface area contributed by atoms with Crippen LogP contribution in [-0.4, -0.2) is 25.5 Å². The zero-order valence-electron chi connectivity index (χ0n) is 12.2. The summed E-state index contributed by atoms with van der Waals surface area (Å²) in [4.78, 5) is 13.0. The molecule has 0 aromatic heterocycles. The average Bonchev–Trinajstić information content (AvgIpc) is 2.95. The summed E-state index contributed by atoms with van der Waals surface area (Å²) in [6.07, 6.45) is 5.07. The van der Waals surface area contributed by atoms with Crippen molar-refractivity contribution in [2.24, 2.45) is 5.41 Å².